The highest BCUT2D eigenvalue weighted by Gasteiger charge is 2.54. The molecule has 2 atom stereocenters. The fourth-order valence-electron chi connectivity index (χ4n) is 4.50. The fraction of sp³-hybridized carbons (Fsp3) is 0.529. The predicted octanol–water partition coefficient (Wildman–Crippen LogP) is 2.38. The van der Waals surface area contributed by atoms with E-state index in [1.165, 1.54) is 6.42 Å². The number of amides is 1. The van der Waals surface area contributed by atoms with E-state index in [-0.39, 0.29) is 5.54 Å². The highest BCUT2D eigenvalue weighted by atomic mass is 16.1. The monoisotopic (exact) mass is 298 g/mol. The number of nitrogens with zero attached hydrogens (tertiary/aromatic N) is 2. The maximum absolute atomic E-state index is 11.6. The summed E-state index contributed by atoms with van der Waals surface area (Å²) < 4.78 is 0. The number of para-hydroxylation sites is 1. The van der Waals surface area contributed by atoms with Crippen LogP contribution in [0, 0.1) is 5.92 Å². The zero-order valence-electron chi connectivity index (χ0n) is 13.1. The van der Waals surface area contributed by atoms with Gasteiger partial charge in [-0.05, 0) is 51.2 Å². The first-order valence-electron chi connectivity index (χ1n) is 8.07. The van der Waals surface area contributed by atoms with E-state index in [4.69, 9.17) is 10.7 Å². The molecule has 4 rings (SSSR count). The molecule has 1 amide bonds. The molecule has 2 aliphatic rings. The van der Waals surface area contributed by atoms with Crippen LogP contribution in [-0.4, -0.2) is 33.4 Å². The number of hydrogen-bond donors (Lipinski definition) is 2. The summed E-state index contributed by atoms with van der Waals surface area (Å²) in [5.41, 5.74) is 7.60. The van der Waals surface area contributed by atoms with Gasteiger partial charge in [0.2, 0.25) is 0 Å². The Hall–Kier alpha value is -1.88. The Morgan fingerprint density at radius 1 is 1.50 bits per heavy atom. The number of imidazole rings is 1. The van der Waals surface area contributed by atoms with E-state index >= 15 is 0 Å². The Morgan fingerprint density at radius 3 is 3.00 bits per heavy atom. The molecule has 1 aromatic carbocycles. The van der Waals surface area contributed by atoms with Gasteiger partial charge in [-0.15, -0.1) is 0 Å². The number of hydrogen-bond acceptors (Lipinski definition) is 3. The van der Waals surface area contributed by atoms with E-state index in [1.807, 2.05) is 12.1 Å². The summed E-state index contributed by atoms with van der Waals surface area (Å²) >= 11 is 0. The summed E-state index contributed by atoms with van der Waals surface area (Å²) in [6, 6.07) is 6.07. The number of carbonyl (C=O) groups is 1. The quantitative estimate of drug-likeness (QED) is 0.913. The largest absolute Gasteiger partial charge is 0.366 e. The van der Waals surface area contributed by atoms with Crippen molar-refractivity contribution >= 4 is 16.9 Å². The number of likely N-dealkylation sites (tertiary alicyclic amines) is 1. The van der Waals surface area contributed by atoms with Crippen LogP contribution in [0.1, 0.15) is 49.3 Å². The number of benzene rings is 1. The second-order valence-electron chi connectivity index (χ2n) is 7.04. The Kier molecular flexibility index (Phi) is 2.85. The molecule has 2 bridgehead atoms. The molecule has 3 N–H and O–H groups in total. The number of primary amides is 1. The average Bonchev–Trinajstić information content (AvgIpc) is 3.18. The molecular weight excluding hydrogens is 276 g/mol. The third-order valence-electron chi connectivity index (χ3n) is 5.44. The highest BCUT2D eigenvalue weighted by molar-refractivity contribution is 6.04. The molecule has 0 radical (unpaired) electrons. The third kappa shape index (κ3) is 1.75. The Bertz CT molecular complexity index is 750. The van der Waals surface area contributed by atoms with Crippen LogP contribution < -0.4 is 5.73 Å². The molecule has 5 nitrogen and oxygen atoms in total. The number of piperidine rings is 1. The van der Waals surface area contributed by atoms with E-state index in [9.17, 15) is 4.79 Å². The molecule has 2 aromatic rings. The maximum atomic E-state index is 11.6. The van der Waals surface area contributed by atoms with Crippen molar-refractivity contribution in [2.75, 3.05) is 6.54 Å². The van der Waals surface area contributed by atoms with Crippen LogP contribution in [0.4, 0.5) is 0 Å². The molecule has 1 aromatic heterocycles. The second kappa shape index (κ2) is 4.56. The Balaban J connectivity index is 1.87. The number of fused-ring (bicyclic) bond motifs is 3. The normalized spacial score (nSPS) is 28.0. The van der Waals surface area contributed by atoms with E-state index in [0.717, 1.165) is 36.6 Å². The molecule has 116 valence electrons. The van der Waals surface area contributed by atoms with E-state index in [0.29, 0.717) is 17.1 Å². The van der Waals surface area contributed by atoms with Gasteiger partial charge in [0.25, 0.3) is 5.91 Å². The zero-order valence-corrected chi connectivity index (χ0v) is 13.1. The van der Waals surface area contributed by atoms with Crippen molar-refractivity contribution in [2.45, 2.75) is 44.7 Å². The van der Waals surface area contributed by atoms with E-state index in [1.54, 1.807) is 6.07 Å². The number of aromatic nitrogens is 2. The van der Waals surface area contributed by atoms with Gasteiger partial charge in [0.05, 0.1) is 16.6 Å². The number of nitrogens with two attached hydrogens (primary N) is 1. The molecule has 22 heavy (non-hydrogen) atoms. The minimum absolute atomic E-state index is 0.00672. The first kappa shape index (κ1) is 13.8. The van der Waals surface area contributed by atoms with Crippen LogP contribution in [0.5, 0.6) is 0 Å². The van der Waals surface area contributed by atoms with Crippen LogP contribution in [0.2, 0.25) is 0 Å². The van der Waals surface area contributed by atoms with Gasteiger partial charge in [-0.2, -0.15) is 0 Å². The van der Waals surface area contributed by atoms with Gasteiger partial charge in [0.1, 0.15) is 11.3 Å². The molecular formula is C17H22N4O. The van der Waals surface area contributed by atoms with Gasteiger partial charge in [-0.1, -0.05) is 6.07 Å². The maximum Gasteiger partial charge on any atom is 0.250 e. The van der Waals surface area contributed by atoms with Gasteiger partial charge < -0.3 is 10.7 Å². The fourth-order valence-corrected chi connectivity index (χ4v) is 4.50. The molecule has 1 saturated heterocycles. The summed E-state index contributed by atoms with van der Waals surface area (Å²) in [7, 11) is 0. The first-order chi connectivity index (χ1) is 10.5. The summed E-state index contributed by atoms with van der Waals surface area (Å²) in [5, 5.41) is 0. The standard InChI is InChI=1S/C17H22N4O/c1-10(2)21-9-11-6-7-17(21,8-11)16-19-13-5-3-4-12(15(18)22)14(13)20-16/h3-5,10-11H,6-9H2,1-2H3,(H2,18,22)(H,19,20)/t11-,17+/m0/s1. The van der Waals surface area contributed by atoms with Gasteiger partial charge in [-0.3, -0.25) is 9.69 Å². The first-order valence-corrected chi connectivity index (χ1v) is 8.07. The lowest BCUT2D eigenvalue weighted by atomic mass is 9.94. The number of rotatable bonds is 3. The molecule has 0 spiro atoms. The van der Waals surface area contributed by atoms with Crippen molar-refractivity contribution in [1.82, 2.24) is 14.9 Å². The number of nitrogens with one attached hydrogen (secondary N) is 1. The lowest BCUT2D eigenvalue weighted by molar-refractivity contribution is 0.0735. The predicted molar refractivity (Wildman–Crippen MR) is 85.5 cm³/mol. The highest BCUT2D eigenvalue weighted by Crippen LogP contribution is 2.53. The number of carbonyl (C=O) groups excluding carboxylic acids is 1. The Labute approximate surface area is 129 Å². The van der Waals surface area contributed by atoms with Gasteiger partial charge in [-0.25, -0.2) is 4.98 Å². The van der Waals surface area contributed by atoms with Crippen molar-refractivity contribution in [3.8, 4) is 0 Å². The number of H-pyrrole nitrogens is 1. The average molecular weight is 298 g/mol. The van der Waals surface area contributed by atoms with Crippen molar-refractivity contribution in [1.29, 1.82) is 0 Å². The van der Waals surface area contributed by atoms with Crippen molar-refractivity contribution < 1.29 is 4.79 Å². The zero-order chi connectivity index (χ0) is 15.5. The summed E-state index contributed by atoms with van der Waals surface area (Å²) in [5.74, 6) is 1.36. The molecule has 5 heteroatoms. The number of aromatic amines is 1. The van der Waals surface area contributed by atoms with E-state index in [2.05, 4.69) is 23.7 Å². The summed E-state index contributed by atoms with van der Waals surface area (Å²) in [4.78, 5) is 22.5. The molecule has 2 fully saturated rings. The smallest absolute Gasteiger partial charge is 0.250 e. The lowest BCUT2D eigenvalue weighted by Crippen LogP contribution is -2.46. The summed E-state index contributed by atoms with van der Waals surface area (Å²) in [6.45, 7) is 5.65. The van der Waals surface area contributed by atoms with Gasteiger partial charge in [0.15, 0.2) is 0 Å². The van der Waals surface area contributed by atoms with Gasteiger partial charge >= 0.3 is 0 Å². The summed E-state index contributed by atoms with van der Waals surface area (Å²) in [6.07, 6.45) is 3.57. The van der Waals surface area contributed by atoms with Crippen LogP contribution in [0.3, 0.4) is 0 Å². The van der Waals surface area contributed by atoms with Crippen LogP contribution in [0.15, 0.2) is 18.2 Å². The van der Waals surface area contributed by atoms with Crippen molar-refractivity contribution in [3.63, 3.8) is 0 Å². The SMILES string of the molecule is CC(C)N1C[C@H]2CC[C@]1(c1nc3c(C(N)=O)cccc3[nH]1)C2. The van der Waals surface area contributed by atoms with Crippen LogP contribution >= 0.6 is 0 Å². The van der Waals surface area contributed by atoms with Gasteiger partial charge in [0, 0.05) is 12.6 Å². The molecule has 1 aliphatic heterocycles. The van der Waals surface area contributed by atoms with Crippen molar-refractivity contribution in [3.05, 3.63) is 29.6 Å². The Morgan fingerprint density at radius 2 is 2.32 bits per heavy atom. The minimum Gasteiger partial charge on any atom is -0.366 e. The van der Waals surface area contributed by atoms with Crippen LogP contribution in [-0.2, 0) is 5.54 Å². The molecule has 1 saturated carbocycles. The minimum atomic E-state index is -0.419. The van der Waals surface area contributed by atoms with E-state index < -0.39 is 5.91 Å². The molecule has 1 aliphatic carbocycles. The third-order valence-corrected chi connectivity index (χ3v) is 5.44. The lowest BCUT2D eigenvalue weighted by Gasteiger charge is -2.40. The van der Waals surface area contributed by atoms with Crippen molar-refractivity contribution in [2.24, 2.45) is 11.7 Å². The van der Waals surface area contributed by atoms with Crippen LogP contribution in [0.25, 0.3) is 11.0 Å². The molecule has 0 unspecified atom stereocenters. The topological polar surface area (TPSA) is 75.0 Å². The molecule has 2 heterocycles. The second-order valence-corrected chi connectivity index (χ2v) is 7.04.